The predicted octanol–water partition coefficient (Wildman–Crippen LogP) is 1.98. The lowest BCUT2D eigenvalue weighted by Gasteiger charge is -2.43. The van der Waals surface area contributed by atoms with Crippen LogP contribution in [0.5, 0.6) is 0 Å². The Balaban J connectivity index is 2.36. The predicted molar refractivity (Wildman–Crippen MR) is 61.2 cm³/mol. The van der Waals surface area contributed by atoms with Crippen LogP contribution in [0.1, 0.15) is 39.0 Å². The molecule has 0 bridgehead atoms. The molecule has 2 aliphatic rings. The van der Waals surface area contributed by atoms with Crippen molar-refractivity contribution in [1.29, 1.82) is 0 Å². The van der Waals surface area contributed by atoms with Crippen molar-refractivity contribution in [2.24, 2.45) is 5.92 Å². The molecule has 1 unspecified atom stereocenters. The van der Waals surface area contributed by atoms with Gasteiger partial charge >= 0.3 is 11.9 Å². The van der Waals surface area contributed by atoms with Crippen LogP contribution in [0.25, 0.3) is 0 Å². The van der Waals surface area contributed by atoms with E-state index in [1.165, 1.54) is 13.2 Å². The van der Waals surface area contributed by atoms with Crippen LogP contribution in [0.2, 0.25) is 0 Å². The first kappa shape index (κ1) is 12.1. The van der Waals surface area contributed by atoms with Crippen molar-refractivity contribution < 1.29 is 19.1 Å². The molecule has 0 aromatic carbocycles. The molecule has 1 aliphatic heterocycles. The van der Waals surface area contributed by atoms with Crippen LogP contribution in [0.4, 0.5) is 0 Å². The van der Waals surface area contributed by atoms with E-state index in [9.17, 15) is 9.59 Å². The molecule has 0 saturated heterocycles. The van der Waals surface area contributed by atoms with Gasteiger partial charge in [0.15, 0.2) is 0 Å². The Morgan fingerprint density at radius 3 is 2.65 bits per heavy atom. The first-order chi connectivity index (χ1) is 8.09. The quantitative estimate of drug-likeness (QED) is 0.655. The van der Waals surface area contributed by atoms with Gasteiger partial charge in [-0.05, 0) is 38.2 Å². The van der Waals surface area contributed by atoms with Crippen LogP contribution in [0.3, 0.4) is 0 Å². The summed E-state index contributed by atoms with van der Waals surface area (Å²) < 4.78 is 10.4. The fraction of sp³-hybridized carbons (Fsp3) is 0.692. The number of ether oxygens (including phenoxy) is 2. The summed E-state index contributed by atoms with van der Waals surface area (Å²) in [5, 5.41) is 0. The first-order valence-corrected chi connectivity index (χ1v) is 6.08. The molecule has 0 amide bonds. The van der Waals surface area contributed by atoms with Crippen LogP contribution in [0, 0.1) is 5.92 Å². The van der Waals surface area contributed by atoms with Gasteiger partial charge in [-0.15, -0.1) is 0 Å². The summed E-state index contributed by atoms with van der Waals surface area (Å²) in [5.74, 6) is -1.05. The zero-order chi connectivity index (χ0) is 12.5. The number of esters is 2. The lowest BCUT2D eigenvalue weighted by atomic mass is 9.71. The summed E-state index contributed by atoms with van der Waals surface area (Å²) in [7, 11) is 1.38. The summed E-state index contributed by atoms with van der Waals surface area (Å²) in [5.41, 5.74) is 0.108. The summed E-state index contributed by atoms with van der Waals surface area (Å²) in [6.07, 6.45) is 6.03. The van der Waals surface area contributed by atoms with E-state index in [2.05, 4.69) is 0 Å². The van der Waals surface area contributed by atoms with Gasteiger partial charge in [0.25, 0.3) is 0 Å². The minimum atomic E-state index is -0.652. The third-order valence-corrected chi connectivity index (χ3v) is 3.77. The summed E-state index contributed by atoms with van der Waals surface area (Å²) >= 11 is 0. The van der Waals surface area contributed by atoms with E-state index < -0.39 is 11.5 Å². The maximum Gasteiger partial charge on any atom is 0.331 e. The molecule has 17 heavy (non-hydrogen) atoms. The van der Waals surface area contributed by atoms with Crippen molar-refractivity contribution in [2.45, 2.75) is 44.6 Å². The van der Waals surface area contributed by atoms with Gasteiger partial charge in [-0.3, -0.25) is 4.79 Å². The number of hydrogen-bond acceptors (Lipinski definition) is 4. The SMILES string of the molecule is COC(=O)C1C(C)=CC(=O)OC12CCCCC2. The highest BCUT2D eigenvalue weighted by atomic mass is 16.6. The van der Waals surface area contributed by atoms with E-state index in [0.29, 0.717) is 0 Å². The Bertz CT molecular complexity index is 364. The Kier molecular flexibility index (Phi) is 3.22. The summed E-state index contributed by atoms with van der Waals surface area (Å²) in [6.45, 7) is 1.80. The summed E-state index contributed by atoms with van der Waals surface area (Å²) in [4.78, 5) is 23.5. The normalized spacial score (nSPS) is 27.3. The van der Waals surface area contributed by atoms with Gasteiger partial charge in [0.1, 0.15) is 11.5 Å². The van der Waals surface area contributed by atoms with Crippen LogP contribution in [-0.4, -0.2) is 24.6 Å². The highest BCUT2D eigenvalue weighted by Gasteiger charge is 2.50. The first-order valence-electron chi connectivity index (χ1n) is 6.08. The molecule has 0 N–H and O–H groups in total. The molecule has 4 nitrogen and oxygen atoms in total. The minimum Gasteiger partial charge on any atom is -0.468 e. The number of carbonyl (C=O) groups is 2. The molecular weight excluding hydrogens is 220 g/mol. The molecule has 0 radical (unpaired) electrons. The highest BCUT2D eigenvalue weighted by Crippen LogP contribution is 2.43. The van der Waals surface area contributed by atoms with Crippen LogP contribution < -0.4 is 0 Å². The van der Waals surface area contributed by atoms with E-state index in [-0.39, 0.29) is 11.9 Å². The summed E-state index contributed by atoms with van der Waals surface area (Å²) in [6, 6.07) is 0. The molecule has 0 aromatic heterocycles. The van der Waals surface area contributed by atoms with Gasteiger partial charge < -0.3 is 9.47 Å². The van der Waals surface area contributed by atoms with E-state index >= 15 is 0 Å². The standard InChI is InChI=1S/C13H18O4/c1-9-8-10(14)17-13(6-4-3-5-7-13)11(9)12(15)16-2/h8,11H,3-7H2,1-2H3. The third kappa shape index (κ3) is 2.08. The van der Waals surface area contributed by atoms with Gasteiger partial charge in [0.2, 0.25) is 0 Å². The van der Waals surface area contributed by atoms with E-state index in [1.54, 1.807) is 6.92 Å². The molecule has 4 heteroatoms. The molecule has 1 atom stereocenters. The second-order valence-electron chi connectivity index (χ2n) is 4.89. The molecule has 1 spiro atoms. The maximum absolute atomic E-state index is 11.9. The largest absolute Gasteiger partial charge is 0.468 e. The number of carbonyl (C=O) groups excluding carboxylic acids is 2. The van der Waals surface area contributed by atoms with Crippen LogP contribution >= 0.6 is 0 Å². The molecule has 0 aromatic rings. The zero-order valence-electron chi connectivity index (χ0n) is 10.3. The molecule has 1 saturated carbocycles. The van der Waals surface area contributed by atoms with Crippen molar-refractivity contribution in [3.8, 4) is 0 Å². The molecular formula is C13H18O4. The number of methoxy groups -OCH3 is 1. The van der Waals surface area contributed by atoms with Crippen molar-refractivity contribution in [1.82, 2.24) is 0 Å². The maximum atomic E-state index is 11.9. The Labute approximate surface area is 101 Å². The zero-order valence-corrected chi connectivity index (χ0v) is 10.3. The molecule has 1 heterocycles. The second-order valence-corrected chi connectivity index (χ2v) is 4.89. The second kappa shape index (κ2) is 4.51. The average Bonchev–Trinajstić information content (AvgIpc) is 2.28. The van der Waals surface area contributed by atoms with Crippen LogP contribution in [-0.2, 0) is 19.1 Å². The van der Waals surface area contributed by atoms with E-state index in [1.807, 2.05) is 0 Å². The van der Waals surface area contributed by atoms with Crippen molar-refractivity contribution in [3.63, 3.8) is 0 Å². The fourth-order valence-corrected chi connectivity index (χ4v) is 3.03. The topological polar surface area (TPSA) is 52.6 Å². The Morgan fingerprint density at radius 1 is 1.41 bits per heavy atom. The van der Waals surface area contributed by atoms with E-state index in [4.69, 9.17) is 9.47 Å². The molecule has 94 valence electrons. The Hall–Kier alpha value is -1.32. The van der Waals surface area contributed by atoms with Gasteiger partial charge in [-0.2, -0.15) is 0 Å². The van der Waals surface area contributed by atoms with E-state index in [0.717, 1.165) is 37.7 Å². The third-order valence-electron chi connectivity index (χ3n) is 3.77. The highest BCUT2D eigenvalue weighted by molar-refractivity contribution is 5.89. The van der Waals surface area contributed by atoms with Gasteiger partial charge in [0, 0.05) is 6.08 Å². The van der Waals surface area contributed by atoms with Gasteiger partial charge in [0.05, 0.1) is 7.11 Å². The van der Waals surface area contributed by atoms with Crippen molar-refractivity contribution in [2.75, 3.05) is 7.11 Å². The molecule has 1 fully saturated rings. The minimum absolute atomic E-state index is 0.298. The lowest BCUT2D eigenvalue weighted by Crippen LogP contribution is -2.50. The van der Waals surface area contributed by atoms with Crippen molar-refractivity contribution >= 4 is 11.9 Å². The monoisotopic (exact) mass is 238 g/mol. The molecule has 2 rings (SSSR count). The average molecular weight is 238 g/mol. The van der Waals surface area contributed by atoms with Gasteiger partial charge in [-0.1, -0.05) is 6.42 Å². The molecule has 1 aliphatic carbocycles. The van der Waals surface area contributed by atoms with Crippen LogP contribution in [0.15, 0.2) is 11.6 Å². The van der Waals surface area contributed by atoms with Gasteiger partial charge in [-0.25, -0.2) is 4.79 Å². The number of hydrogen-bond donors (Lipinski definition) is 0. The number of rotatable bonds is 1. The Morgan fingerprint density at radius 2 is 2.06 bits per heavy atom. The fourth-order valence-electron chi connectivity index (χ4n) is 3.03. The lowest BCUT2D eigenvalue weighted by molar-refractivity contribution is -0.176. The van der Waals surface area contributed by atoms with Crippen molar-refractivity contribution in [3.05, 3.63) is 11.6 Å². The smallest absolute Gasteiger partial charge is 0.331 e.